The minimum atomic E-state index is 0.266. The van der Waals surface area contributed by atoms with Crippen molar-refractivity contribution in [2.75, 3.05) is 6.54 Å². The Labute approximate surface area is 194 Å². The summed E-state index contributed by atoms with van der Waals surface area (Å²) < 4.78 is 6.11. The molecule has 164 valence electrons. The second-order valence-corrected chi connectivity index (χ2v) is 10.0. The molecule has 0 radical (unpaired) electrons. The van der Waals surface area contributed by atoms with E-state index in [0.717, 1.165) is 48.8 Å². The van der Waals surface area contributed by atoms with Crippen molar-refractivity contribution in [3.63, 3.8) is 0 Å². The molecule has 0 fully saturated rings. The van der Waals surface area contributed by atoms with Gasteiger partial charge < -0.3 is 4.42 Å². The van der Waals surface area contributed by atoms with E-state index < -0.39 is 0 Å². The second kappa shape index (κ2) is 8.68. The van der Waals surface area contributed by atoms with Crippen LogP contribution < -0.4 is 0 Å². The van der Waals surface area contributed by atoms with Crippen LogP contribution in [0.5, 0.6) is 0 Å². The van der Waals surface area contributed by atoms with Gasteiger partial charge in [-0.15, -0.1) is 11.3 Å². The normalized spacial score (nSPS) is 16.3. The van der Waals surface area contributed by atoms with Crippen molar-refractivity contribution in [2.45, 2.75) is 53.1 Å². The second-order valence-electron chi connectivity index (χ2n) is 8.76. The van der Waals surface area contributed by atoms with Gasteiger partial charge in [0, 0.05) is 28.4 Å². The molecule has 1 aliphatic rings. The Kier molecular flexibility index (Phi) is 5.75. The van der Waals surface area contributed by atoms with Crippen LogP contribution >= 0.6 is 11.3 Å². The number of aromatic nitrogens is 1. The van der Waals surface area contributed by atoms with E-state index in [1.165, 1.54) is 20.9 Å². The van der Waals surface area contributed by atoms with Crippen LogP contribution in [0.15, 0.2) is 59.0 Å². The van der Waals surface area contributed by atoms with Crippen LogP contribution in [0.3, 0.4) is 0 Å². The summed E-state index contributed by atoms with van der Waals surface area (Å²) in [5.41, 5.74) is 7.79. The lowest BCUT2D eigenvalue weighted by atomic mass is 9.91. The predicted molar refractivity (Wildman–Crippen MR) is 132 cm³/mol. The number of oxazole rings is 1. The highest BCUT2D eigenvalue weighted by Gasteiger charge is 2.33. The fourth-order valence-corrected chi connectivity index (χ4v) is 6.46. The molecule has 4 aromatic rings. The SMILES string of the molecule is CCc1c(C)sc2c1CCN(Cc1nc(-c3cccc(C)c3)oc1C)[C@H]2c1ccccc1. The lowest BCUT2D eigenvalue weighted by Crippen LogP contribution is -2.35. The Morgan fingerprint density at radius 1 is 1.06 bits per heavy atom. The zero-order chi connectivity index (χ0) is 22.2. The first kappa shape index (κ1) is 21.2. The molecule has 2 aromatic carbocycles. The molecule has 0 saturated heterocycles. The van der Waals surface area contributed by atoms with Gasteiger partial charge in [0.25, 0.3) is 0 Å². The third-order valence-electron chi connectivity index (χ3n) is 6.59. The zero-order valence-corrected chi connectivity index (χ0v) is 20.1. The van der Waals surface area contributed by atoms with Crippen LogP contribution in [0.25, 0.3) is 11.5 Å². The van der Waals surface area contributed by atoms with Crippen LogP contribution in [0.2, 0.25) is 0 Å². The van der Waals surface area contributed by atoms with Gasteiger partial charge in [0.2, 0.25) is 5.89 Å². The summed E-state index contributed by atoms with van der Waals surface area (Å²) in [7, 11) is 0. The molecule has 1 atom stereocenters. The number of hydrogen-bond donors (Lipinski definition) is 0. The van der Waals surface area contributed by atoms with E-state index in [4.69, 9.17) is 9.40 Å². The van der Waals surface area contributed by atoms with E-state index in [1.54, 1.807) is 11.1 Å². The lowest BCUT2D eigenvalue weighted by Gasteiger charge is -2.36. The number of rotatable bonds is 5. The van der Waals surface area contributed by atoms with E-state index >= 15 is 0 Å². The van der Waals surface area contributed by atoms with E-state index in [1.807, 2.05) is 18.3 Å². The number of hydrogen-bond acceptors (Lipinski definition) is 4. The van der Waals surface area contributed by atoms with Crippen LogP contribution in [-0.2, 0) is 19.4 Å². The zero-order valence-electron chi connectivity index (χ0n) is 19.3. The average Bonchev–Trinajstić information content (AvgIpc) is 3.32. The Morgan fingerprint density at radius 2 is 1.88 bits per heavy atom. The van der Waals surface area contributed by atoms with E-state index in [9.17, 15) is 0 Å². The van der Waals surface area contributed by atoms with Gasteiger partial charge in [-0.1, -0.05) is 55.0 Å². The molecule has 0 bridgehead atoms. The van der Waals surface area contributed by atoms with Crippen LogP contribution in [0.4, 0.5) is 0 Å². The van der Waals surface area contributed by atoms with Crippen molar-refractivity contribution < 1.29 is 4.42 Å². The molecule has 1 aliphatic heterocycles. The minimum Gasteiger partial charge on any atom is -0.441 e. The highest BCUT2D eigenvalue weighted by molar-refractivity contribution is 7.12. The van der Waals surface area contributed by atoms with Crippen molar-refractivity contribution in [2.24, 2.45) is 0 Å². The molecule has 3 heterocycles. The Morgan fingerprint density at radius 3 is 2.62 bits per heavy atom. The maximum Gasteiger partial charge on any atom is 0.226 e. The summed E-state index contributed by atoms with van der Waals surface area (Å²) in [6, 6.07) is 19.6. The molecule has 5 rings (SSSR count). The number of fused-ring (bicyclic) bond motifs is 1. The molecule has 0 spiro atoms. The smallest absolute Gasteiger partial charge is 0.226 e. The van der Waals surface area contributed by atoms with Gasteiger partial charge in [-0.05, 0) is 62.4 Å². The van der Waals surface area contributed by atoms with Gasteiger partial charge in [0.15, 0.2) is 0 Å². The fraction of sp³-hybridized carbons (Fsp3) is 0.321. The summed E-state index contributed by atoms with van der Waals surface area (Å²) >= 11 is 1.98. The van der Waals surface area contributed by atoms with Gasteiger partial charge in [0.1, 0.15) is 5.76 Å². The van der Waals surface area contributed by atoms with Crippen LogP contribution in [-0.4, -0.2) is 16.4 Å². The first-order valence-corrected chi connectivity index (χ1v) is 12.3. The van der Waals surface area contributed by atoms with Crippen molar-refractivity contribution in [1.82, 2.24) is 9.88 Å². The predicted octanol–water partition coefficient (Wildman–Crippen LogP) is 7.04. The summed E-state index contributed by atoms with van der Waals surface area (Å²) in [5.74, 6) is 1.63. The van der Waals surface area contributed by atoms with Gasteiger partial charge in [-0.3, -0.25) is 4.90 Å². The Hall–Kier alpha value is -2.69. The Bertz CT molecular complexity index is 1240. The van der Waals surface area contributed by atoms with Gasteiger partial charge >= 0.3 is 0 Å². The maximum atomic E-state index is 6.11. The summed E-state index contributed by atoms with van der Waals surface area (Å²) in [5, 5.41) is 0. The highest BCUT2D eigenvalue weighted by atomic mass is 32.1. The quantitative estimate of drug-likeness (QED) is 0.332. The minimum absolute atomic E-state index is 0.266. The van der Waals surface area contributed by atoms with Crippen molar-refractivity contribution >= 4 is 11.3 Å². The summed E-state index contributed by atoms with van der Waals surface area (Å²) in [6.07, 6.45) is 2.22. The topological polar surface area (TPSA) is 29.3 Å². The molecular weight excluding hydrogens is 412 g/mol. The molecule has 3 nitrogen and oxygen atoms in total. The Balaban J connectivity index is 1.52. The van der Waals surface area contributed by atoms with Crippen molar-refractivity contribution in [3.05, 3.63) is 98.1 Å². The average molecular weight is 443 g/mol. The number of aryl methyl sites for hydroxylation is 3. The molecule has 0 saturated carbocycles. The molecule has 0 unspecified atom stereocenters. The third-order valence-corrected chi connectivity index (χ3v) is 7.83. The molecule has 0 aliphatic carbocycles. The first-order chi connectivity index (χ1) is 15.5. The first-order valence-electron chi connectivity index (χ1n) is 11.5. The largest absolute Gasteiger partial charge is 0.441 e. The molecule has 2 aromatic heterocycles. The number of thiophene rings is 1. The van der Waals surface area contributed by atoms with E-state index in [2.05, 4.69) is 80.3 Å². The monoisotopic (exact) mass is 442 g/mol. The standard InChI is InChI=1S/C28H30N2OS/c1-5-23-20(4)32-27-24(23)14-15-30(26(27)21-11-7-6-8-12-21)17-25-19(3)31-28(29-25)22-13-9-10-18(2)16-22/h6-13,16,26H,5,14-15,17H2,1-4H3/t26-/m0/s1. The van der Waals surface area contributed by atoms with Crippen LogP contribution in [0.1, 0.15) is 56.4 Å². The highest BCUT2D eigenvalue weighted by Crippen LogP contribution is 2.43. The van der Waals surface area contributed by atoms with Crippen molar-refractivity contribution in [1.29, 1.82) is 0 Å². The lowest BCUT2D eigenvalue weighted by molar-refractivity contribution is 0.204. The molecular formula is C28H30N2OS. The number of benzene rings is 2. The maximum absolute atomic E-state index is 6.11. The van der Waals surface area contributed by atoms with Crippen LogP contribution in [0, 0.1) is 20.8 Å². The summed E-state index contributed by atoms with van der Waals surface area (Å²) in [4.78, 5) is 10.5. The summed E-state index contributed by atoms with van der Waals surface area (Å²) in [6.45, 7) is 10.5. The van der Waals surface area contributed by atoms with Gasteiger partial charge in [-0.2, -0.15) is 0 Å². The molecule has 0 N–H and O–H groups in total. The van der Waals surface area contributed by atoms with Gasteiger partial charge in [0.05, 0.1) is 11.7 Å². The van der Waals surface area contributed by atoms with E-state index in [0.29, 0.717) is 0 Å². The molecule has 0 amide bonds. The van der Waals surface area contributed by atoms with Gasteiger partial charge in [-0.25, -0.2) is 4.98 Å². The number of nitrogens with zero attached hydrogens (tertiary/aromatic N) is 2. The third kappa shape index (κ3) is 3.82. The molecule has 32 heavy (non-hydrogen) atoms. The molecule has 4 heteroatoms. The van der Waals surface area contributed by atoms with Crippen molar-refractivity contribution in [3.8, 4) is 11.5 Å². The van der Waals surface area contributed by atoms with E-state index in [-0.39, 0.29) is 6.04 Å². The fourth-order valence-electron chi connectivity index (χ4n) is 4.99.